The van der Waals surface area contributed by atoms with Crippen molar-refractivity contribution in [1.82, 2.24) is 0 Å². The summed E-state index contributed by atoms with van der Waals surface area (Å²) >= 11 is 0. The highest BCUT2D eigenvalue weighted by atomic mass is 16.8. The lowest BCUT2D eigenvalue weighted by molar-refractivity contribution is -0.397. The summed E-state index contributed by atoms with van der Waals surface area (Å²) in [5.41, 5.74) is -3.01. The summed E-state index contributed by atoms with van der Waals surface area (Å²) in [4.78, 5) is 15.4. The molecule has 2 bridgehead atoms. The zero-order valence-corrected chi connectivity index (χ0v) is 48.4. The van der Waals surface area contributed by atoms with Gasteiger partial charge in [-0.25, -0.2) is 0 Å². The van der Waals surface area contributed by atoms with E-state index in [1.807, 2.05) is 0 Å². The second-order valence-electron chi connectivity index (χ2n) is 26.2. The van der Waals surface area contributed by atoms with E-state index < -0.39 is 245 Å². The lowest BCUT2D eigenvalue weighted by Gasteiger charge is -2.64. The molecule has 18 N–H and O–H groups in total. The number of aliphatic hydroxyl groups is 18. The molecule has 10 rings (SSSR count). The molecule has 4 aliphatic carbocycles. The average molecular weight is 1260 g/mol. The molecule has 6 aliphatic heterocycles. The Morgan fingerprint density at radius 3 is 1.38 bits per heavy atom. The number of hydrogen-bond acceptors (Lipinski definition) is 31. The van der Waals surface area contributed by atoms with Crippen LogP contribution in [0.25, 0.3) is 0 Å². The van der Waals surface area contributed by atoms with E-state index in [0.29, 0.717) is 56.9 Å². The Labute approximate surface area is 500 Å². The van der Waals surface area contributed by atoms with Gasteiger partial charge in [0.15, 0.2) is 37.6 Å². The van der Waals surface area contributed by atoms with Crippen LogP contribution in [-0.2, 0) is 61.6 Å². The van der Waals surface area contributed by atoms with Crippen LogP contribution >= 0.6 is 0 Å². The van der Waals surface area contributed by atoms with Gasteiger partial charge in [-0.2, -0.15) is 0 Å². The van der Waals surface area contributed by atoms with Gasteiger partial charge in [0, 0.05) is 12.8 Å². The first-order valence-corrected chi connectivity index (χ1v) is 30.2. The molecule has 6 saturated heterocycles. The fraction of sp³-hybridized carbons (Fsp3) is 0.946. The lowest BCUT2D eigenvalue weighted by Crippen LogP contribution is -2.67. The number of ether oxygens (including phenoxy) is 12. The van der Waals surface area contributed by atoms with Crippen LogP contribution in [0.1, 0.15) is 84.5 Å². The van der Waals surface area contributed by atoms with Gasteiger partial charge in [-0.05, 0) is 86.5 Å². The second-order valence-corrected chi connectivity index (χ2v) is 26.2. The molecule has 500 valence electrons. The van der Waals surface area contributed by atoms with Gasteiger partial charge in [-0.3, -0.25) is 4.79 Å². The number of esters is 1. The van der Waals surface area contributed by atoms with E-state index in [-0.39, 0.29) is 25.2 Å². The van der Waals surface area contributed by atoms with Crippen molar-refractivity contribution in [1.29, 1.82) is 0 Å². The van der Waals surface area contributed by atoms with Crippen molar-refractivity contribution in [3.63, 3.8) is 0 Å². The number of hydrogen-bond donors (Lipinski definition) is 18. The maximum Gasteiger partial charge on any atom is 0.314 e. The zero-order valence-electron chi connectivity index (χ0n) is 48.4. The molecule has 87 heavy (non-hydrogen) atoms. The SMILES string of the molecule is C=C1C[C@@]23CC[C@H]4[C@@](C)(CCC[C@@]4(C)C(=O)OC4OC(CO)C(O)C(OC5OC(CO)CC(O)C5O)C4OC4OC(CO)C(O)C(O)C4O)[C@@H]2CC[C@]1(OC1OC(CO)C(O)C(OC2OC(CO)CC(O)C2O)C1OC1OC(CO)C(O)C(O)C1O)C3. The van der Waals surface area contributed by atoms with E-state index >= 15 is 4.79 Å². The van der Waals surface area contributed by atoms with Crippen LogP contribution in [0.5, 0.6) is 0 Å². The fourth-order valence-electron chi connectivity index (χ4n) is 16.4. The average Bonchev–Trinajstić information content (AvgIpc) is 1.63. The summed E-state index contributed by atoms with van der Waals surface area (Å²) < 4.78 is 73.5. The Bertz CT molecular complexity index is 2330. The third-order valence-corrected chi connectivity index (χ3v) is 21.0. The van der Waals surface area contributed by atoms with Crippen molar-refractivity contribution in [2.24, 2.45) is 28.1 Å². The Morgan fingerprint density at radius 2 is 0.897 bits per heavy atom. The second kappa shape index (κ2) is 26.8. The molecular formula is C56H90O31. The third-order valence-electron chi connectivity index (χ3n) is 21.0. The largest absolute Gasteiger partial charge is 0.432 e. The van der Waals surface area contributed by atoms with Gasteiger partial charge in [0.05, 0.1) is 75.1 Å². The van der Waals surface area contributed by atoms with E-state index in [0.717, 1.165) is 0 Å². The predicted molar refractivity (Wildman–Crippen MR) is 282 cm³/mol. The third kappa shape index (κ3) is 12.3. The number of carbonyl (C=O) groups is 1. The zero-order chi connectivity index (χ0) is 63.0. The maximum atomic E-state index is 15.4. The van der Waals surface area contributed by atoms with Gasteiger partial charge in [0.1, 0.15) is 104 Å². The Hall–Kier alpha value is -1.95. The molecule has 0 aromatic carbocycles. The summed E-state index contributed by atoms with van der Waals surface area (Å²) in [7, 11) is 0. The first kappa shape index (κ1) is 67.9. The minimum absolute atomic E-state index is 0.112. The van der Waals surface area contributed by atoms with Crippen molar-refractivity contribution in [3.8, 4) is 0 Å². The summed E-state index contributed by atoms with van der Waals surface area (Å²) in [6.45, 7) is 3.83. The van der Waals surface area contributed by atoms with Gasteiger partial charge in [0.25, 0.3) is 0 Å². The minimum atomic E-state index is -2.03. The van der Waals surface area contributed by atoms with Crippen LogP contribution in [0.2, 0.25) is 0 Å². The molecule has 10 aliphatic rings. The smallest absolute Gasteiger partial charge is 0.314 e. The molecule has 1 spiro atoms. The van der Waals surface area contributed by atoms with Crippen molar-refractivity contribution in [2.45, 2.75) is 262 Å². The fourth-order valence-corrected chi connectivity index (χ4v) is 16.4. The summed E-state index contributed by atoms with van der Waals surface area (Å²) in [6.07, 6.45) is -44.3. The topological polar surface area (TPSA) is 492 Å². The molecule has 31 nitrogen and oxygen atoms in total. The van der Waals surface area contributed by atoms with Gasteiger partial charge in [-0.15, -0.1) is 0 Å². The standard InChI is InChI=1S/C56H90O31/c1-21-13-55-9-5-30-53(2,7-4-8-54(30,3)52(75)86-50-44(84-48-40(73)38(71)34(67)26(16-59)78-48)42(36(69)28(18-61)80-50)82-46-32(65)24(63)11-22(14-57)76-46)31(55)6-10-56(21,20-55)87-51-45(85-49-41(74)39(72)35(68)27(17-60)79-49)43(37(70)29(19-62)81-51)83-47-33(66)25(64)12-23(15-58)77-47/h22-51,57-74H,1,4-20H2,2-3H3/t22?,23?,24?,25?,26?,27?,28?,29?,30-,31-,32?,33?,34?,35?,36?,37?,38?,39?,40?,41?,42?,43?,44?,45?,46?,47?,48?,49?,50?,51?,53+,54+,55+,56-/m0/s1. The van der Waals surface area contributed by atoms with E-state index in [2.05, 4.69) is 13.5 Å². The number of rotatable bonds is 18. The van der Waals surface area contributed by atoms with Gasteiger partial charge in [-0.1, -0.05) is 19.9 Å². The van der Waals surface area contributed by atoms with Crippen molar-refractivity contribution >= 4 is 5.97 Å². The molecule has 34 atom stereocenters. The molecule has 6 heterocycles. The Kier molecular flexibility index (Phi) is 20.9. The summed E-state index contributed by atoms with van der Waals surface area (Å²) in [5, 5.41) is 194. The van der Waals surface area contributed by atoms with E-state index in [1.54, 1.807) is 6.92 Å². The molecule has 4 saturated carbocycles. The van der Waals surface area contributed by atoms with Crippen molar-refractivity contribution in [2.75, 3.05) is 39.6 Å². The highest BCUT2D eigenvalue weighted by Gasteiger charge is 2.70. The van der Waals surface area contributed by atoms with Crippen LogP contribution in [-0.4, -0.2) is 315 Å². The lowest BCUT2D eigenvalue weighted by atomic mass is 9.41. The van der Waals surface area contributed by atoms with E-state index in [4.69, 9.17) is 56.8 Å². The van der Waals surface area contributed by atoms with E-state index in [9.17, 15) is 91.9 Å². The maximum absolute atomic E-state index is 15.4. The first-order valence-electron chi connectivity index (χ1n) is 30.2. The molecule has 0 aromatic rings. The van der Waals surface area contributed by atoms with Crippen LogP contribution in [0.3, 0.4) is 0 Å². The van der Waals surface area contributed by atoms with Crippen LogP contribution < -0.4 is 0 Å². The van der Waals surface area contributed by atoms with Gasteiger partial charge in [0.2, 0.25) is 6.29 Å². The Balaban J connectivity index is 0.918. The monoisotopic (exact) mass is 1260 g/mol. The molecule has 0 amide bonds. The first-order chi connectivity index (χ1) is 41.2. The summed E-state index contributed by atoms with van der Waals surface area (Å²) in [6, 6.07) is 0. The molecule has 31 heteroatoms. The van der Waals surface area contributed by atoms with Crippen molar-refractivity contribution < 1.29 is 154 Å². The molecule has 10 fully saturated rings. The molecule has 0 radical (unpaired) electrons. The minimum Gasteiger partial charge on any atom is -0.432 e. The van der Waals surface area contributed by atoms with Crippen LogP contribution in [0.4, 0.5) is 0 Å². The number of carbonyl (C=O) groups excluding carboxylic acids is 1. The molecule has 0 aromatic heterocycles. The van der Waals surface area contributed by atoms with Crippen LogP contribution in [0, 0.1) is 28.1 Å². The predicted octanol–water partition coefficient (Wildman–Crippen LogP) is -7.41. The van der Waals surface area contributed by atoms with Gasteiger partial charge < -0.3 is 149 Å². The van der Waals surface area contributed by atoms with Crippen molar-refractivity contribution in [3.05, 3.63) is 12.2 Å². The van der Waals surface area contributed by atoms with E-state index in [1.165, 1.54) is 0 Å². The Morgan fingerprint density at radius 1 is 0.471 bits per heavy atom. The van der Waals surface area contributed by atoms with Crippen LogP contribution in [0.15, 0.2) is 12.2 Å². The summed E-state index contributed by atoms with van der Waals surface area (Å²) in [5.74, 6) is -1.30. The normalized spacial score (nSPS) is 53.7. The molecular weight excluding hydrogens is 1170 g/mol. The highest BCUT2D eigenvalue weighted by Crippen LogP contribution is 2.74. The number of aliphatic hydroxyl groups excluding tert-OH is 18. The van der Waals surface area contributed by atoms with Gasteiger partial charge >= 0.3 is 5.97 Å². The molecule has 28 unspecified atom stereocenters. The highest BCUT2D eigenvalue weighted by molar-refractivity contribution is 5.77. The number of fused-ring (bicyclic) bond motifs is 3. The quantitative estimate of drug-likeness (QED) is 0.0344.